The summed E-state index contributed by atoms with van der Waals surface area (Å²) in [4.78, 5) is 14.1. The van der Waals surface area contributed by atoms with Crippen molar-refractivity contribution in [2.75, 3.05) is 20.2 Å². The molecule has 1 saturated carbocycles. The predicted molar refractivity (Wildman–Crippen MR) is 89.5 cm³/mol. The van der Waals surface area contributed by atoms with Crippen molar-refractivity contribution < 1.29 is 14.6 Å². The van der Waals surface area contributed by atoms with Crippen LogP contribution in [0.15, 0.2) is 0 Å². The van der Waals surface area contributed by atoms with Crippen molar-refractivity contribution in [3.8, 4) is 0 Å². The number of H-pyrrole nitrogens is 1. The highest BCUT2D eigenvalue weighted by molar-refractivity contribution is 5.68. The summed E-state index contributed by atoms with van der Waals surface area (Å²) >= 11 is 0. The van der Waals surface area contributed by atoms with Gasteiger partial charge in [-0.25, -0.2) is 4.79 Å². The molecule has 0 aromatic carbocycles. The third-order valence-electron chi connectivity index (χ3n) is 5.00. The van der Waals surface area contributed by atoms with Crippen molar-refractivity contribution >= 4 is 6.09 Å². The van der Waals surface area contributed by atoms with E-state index in [0.717, 1.165) is 36.2 Å². The van der Waals surface area contributed by atoms with Crippen molar-refractivity contribution in [3.63, 3.8) is 0 Å². The van der Waals surface area contributed by atoms with Crippen molar-refractivity contribution in [2.45, 2.75) is 58.2 Å². The van der Waals surface area contributed by atoms with Gasteiger partial charge >= 0.3 is 6.09 Å². The monoisotopic (exact) mass is 336 g/mol. The average Bonchev–Trinajstić information content (AvgIpc) is 3.20. The summed E-state index contributed by atoms with van der Waals surface area (Å²) in [7, 11) is 1.90. The van der Waals surface area contributed by atoms with Crippen LogP contribution >= 0.6 is 0 Å². The zero-order valence-corrected chi connectivity index (χ0v) is 15.0. The third kappa shape index (κ3) is 3.15. The zero-order chi connectivity index (χ0) is 17.5. The molecule has 24 heavy (non-hydrogen) atoms. The van der Waals surface area contributed by atoms with Gasteiger partial charge in [0.15, 0.2) is 0 Å². The Morgan fingerprint density at radius 2 is 2.21 bits per heavy atom. The van der Waals surface area contributed by atoms with Crippen LogP contribution < -0.4 is 5.32 Å². The molecular weight excluding hydrogens is 308 g/mol. The van der Waals surface area contributed by atoms with Gasteiger partial charge in [-0.2, -0.15) is 5.10 Å². The highest BCUT2D eigenvalue weighted by atomic mass is 16.6. The number of rotatable bonds is 4. The van der Waals surface area contributed by atoms with E-state index >= 15 is 0 Å². The Bertz CT molecular complexity index is 616. The molecule has 1 aliphatic carbocycles. The van der Waals surface area contributed by atoms with Gasteiger partial charge in [-0.3, -0.25) is 5.10 Å². The number of fused-ring (bicyclic) bond motifs is 1. The summed E-state index contributed by atoms with van der Waals surface area (Å²) in [6, 6.07) is 0.00101. The van der Waals surface area contributed by atoms with Crippen LogP contribution in [-0.2, 0) is 17.7 Å². The van der Waals surface area contributed by atoms with Crippen LogP contribution in [0.5, 0.6) is 0 Å². The molecule has 7 nitrogen and oxygen atoms in total. The minimum Gasteiger partial charge on any atom is -0.444 e. The molecule has 3 rings (SSSR count). The van der Waals surface area contributed by atoms with Gasteiger partial charge in [-0.1, -0.05) is 0 Å². The maximum atomic E-state index is 12.4. The van der Waals surface area contributed by atoms with Crippen LogP contribution in [0.4, 0.5) is 4.79 Å². The van der Waals surface area contributed by atoms with E-state index in [2.05, 4.69) is 15.5 Å². The Balaban J connectivity index is 1.81. The zero-order valence-electron chi connectivity index (χ0n) is 15.0. The van der Waals surface area contributed by atoms with E-state index in [1.807, 2.05) is 27.8 Å². The molecule has 1 amide bonds. The lowest BCUT2D eigenvalue weighted by Gasteiger charge is -2.31. The molecule has 2 aliphatic rings. The van der Waals surface area contributed by atoms with Gasteiger partial charge in [-0.05, 0) is 40.7 Å². The summed E-state index contributed by atoms with van der Waals surface area (Å²) in [6.07, 6.45) is 2.44. The van der Waals surface area contributed by atoms with Gasteiger partial charge in [0.1, 0.15) is 5.60 Å². The van der Waals surface area contributed by atoms with Crippen molar-refractivity contribution in [1.29, 1.82) is 0 Å². The topological polar surface area (TPSA) is 90.5 Å². The Hall–Kier alpha value is -1.60. The molecule has 1 aromatic heterocycles. The third-order valence-corrected chi connectivity index (χ3v) is 5.00. The molecule has 0 saturated heterocycles. The molecule has 1 aliphatic heterocycles. The van der Waals surface area contributed by atoms with Gasteiger partial charge in [0.25, 0.3) is 0 Å². The number of amides is 1. The first-order chi connectivity index (χ1) is 11.3. The first kappa shape index (κ1) is 17.2. The number of carbonyl (C=O) groups is 1. The van der Waals surface area contributed by atoms with E-state index in [1.165, 1.54) is 0 Å². The Kier molecular flexibility index (Phi) is 4.34. The van der Waals surface area contributed by atoms with E-state index in [-0.39, 0.29) is 24.2 Å². The maximum Gasteiger partial charge on any atom is 0.410 e. The Labute approximate surface area is 142 Å². The van der Waals surface area contributed by atoms with Crippen LogP contribution in [0.2, 0.25) is 0 Å². The smallest absolute Gasteiger partial charge is 0.410 e. The van der Waals surface area contributed by atoms with Crippen molar-refractivity contribution in [3.05, 3.63) is 17.0 Å². The summed E-state index contributed by atoms with van der Waals surface area (Å²) in [6.45, 7) is 6.89. The summed E-state index contributed by atoms with van der Waals surface area (Å²) < 4.78 is 5.50. The highest BCUT2D eigenvalue weighted by Crippen LogP contribution is 2.54. The van der Waals surface area contributed by atoms with Gasteiger partial charge in [-0.15, -0.1) is 0 Å². The number of ether oxygens (including phenoxy) is 1. The fourth-order valence-corrected chi connectivity index (χ4v) is 3.47. The standard InChI is InChI=1S/C17H28N4O3/c1-16(2,3)24-15(23)21-8-5-12-11(9-21)13(20-19-12)14(18-4)17(10-22)6-7-17/h14,18,22H,5-10H2,1-4H3,(H,19,20). The lowest BCUT2D eigenvalue weighted by Crippen LogP contribution is -2.40. The van der Waals surface area contributed by atoms with Gasteiger partial charge in [0.05, 0.1) is 24.9 Å². The van der Waals surface area contributed by atoms with Gasteiger partial charge in [0, 0.05) is 29.6 Å². The predicted octanol–water partition coefficient (Wildman–Crippen LogP) is 1.74. The molecule has 2 heterocycles. The van der Waals surface area contributed by atoms with Crippen LogP contribution in [0, 0.1) is 5.41 Å². The molecule has 1 aromatic rings. The molecule has 1 fully saturated rings. The number of carbonyl (C=O) groups excluding carboxylic acids is 1. The number of nitrogens with zero attached hydrogens (tertiary/aromatic N) is 2. The first-order valence-electron chi connectivity index (χ1n) is 8.62. The molecular formula is C17H28N4O3. The molecule has 0 radical (unpaired) electrons. The fourth-order valence-electron chi connectivity index (χ4n) is 3.47. The van der Waals surface area contributed by atoms with Crippen molar-refractivity contribution in [2.24, 2.45) is 5.41 Å². The summed E-state index contributed by atoms with van der Waals surface area (Å²) in [5.41, 5.74) is 2.45. The second-order valence-corrected chi connectivity index (χ2v) is 7.96. The molecule has 134 valence electrons. The molecule has 0 bridgehead atoms. The van der Waals surface area contributed by atoms with Gasteiger partial charge < -0.3 is 20.1 Å². The number of aromatic amines is 1. The SMILES string of the molecule is CNC(c1n[nH]c2c1CN(C(=O)OC(C)(C)C)CC2)C1(CO)CC1. The average molecular weight is 336 g/mol. The normalized spacial score (nSPS) is 20.5. The lowest BCUT2D eigenvalue weighted by atomic mass is 9.90. The number of hydrogen-bond donors (Lipinski definition) is 3. The molecule has 3 N–H and O–H groups in total. The van der Waals surface area contributed by atoms with Crippen LogP contribution in [0.3, 0.4) is 0 Å². The van der Waals surface area contributed by atoms with Crippen LogP contribution in [-0.4, -0.2) is 52.1 Å². The van der Waals surface area contributed by atoms with Crippen LogP contribution in [0.1, 0.15) is 56.6 Å². The second kappa shape index (κ2) is 6.04. The molecule has 7 heteroatoms. The molecule has 1 atom stereocenters. The fraction of sp³-hybridized carbons (Fsp3) is 0.765. The summed E-state index contributed by atoms with van der Waals surface area (Å²) in [5.74, 6) is 0. The largest absolute Gasteiger partial charge is 0.444 e. The van der Waals surface area contributed by atoms with E-state index in [0.29, 0.717) is 13.1 Å². The Morgan fingerprint density at radius 3 is 2.75 bits per heavy atom. The molecule has 0 spiro atoms. The first-order valence-corrected chi connectivity index (χ1v) is 8.62. The van der Waals surface area contributed by atoms with E-state index in [1.54, 1.807) is 4.90 Å². The second-order valence-electron chi connectivity index (χ2n) is 7.96. The van der Waals surface area contributed by atoms with E-state index in [4.69, 9.17) is 4.74 Å². The number of aliphatic hydroxyl groups excluding tert-OH is 1. The van der Waals surface area contributed by atoms with Crippen LogP contribution in [0.25, 0.3) is 0 Å². The number of nitrogens with one attached hydrogen (secondary N) is 2. The van der Waals surface area contributed by atoms with Gasteiger partial charge in [0.2, 0.25) is 0 Å². The maximum absolute atomic E-state index is 12.4. The van der Waals surface area contributed by atoms with Crippen molar-refractivity contribution in [1.82, 2.24) is 20.4 Å². The summed E-state index contributed by atoms with van der Waals surface area (Å²) in [5, 5.41) is 20.7. The highest BCUT2D eigenvalue weighted by Gasteiger charge is 2.51. The van der Waals surface area contributed by atoms with E-state index in [9.17, 15) is 9.90 Å². The molecule has 1 unspecified atom stereocenters. The van der Waals surface area contributed by atoms with E-state index < -0.39 is 5.60 Å². The quantitative estimate of drug-likeness (QED) is 0.779. The Morgan fingerprint density at radius 1 is 1.50 bits per heavy atom. The number of hydrogen-bond acceptors (Lipinski definition) is 5. The number of aliphatic hydroxyl groups is 1. The lowest BCUT2D eigenvalue weighted by molar-refractivity contribution is 0.0222. The minimum atomic E-state index is -0.501. The minimum absolute atomic E-state index is 0.00101. The number of aromatic nitrogens is 2.